The quantitative estimate of drug-likeness (QED) is 0.716. The summed E-state index contributed by atoms with van der Waals surface area (Å²) in [5.41, 5.74) is 2.53. The van der Waals surface area contributed by atoms with Crippen LogP contribution in [0.3, 0.4) is 0 Å². The van der Waals surface area contributed by atoms with E-state index in [4.69, 9.17) is 4.74 Å². The maximum absolute atomic E-state index is 13.1. The van der Waals surface area contributed by atoms with Crippen LogP contribution in [0.1, 0.15) is 12.5 Å². The molecule has 0 aliphatic carbocycles. The summed E-state index contributed by atoms with van der Waals surface area (Å²) in [6.07, 6.45) is 0. The van der Waals surface area contributed by atoms with Crippen molar-refractivity contribution in [2.24, 2.45) is 0 Å². The lowest BCUT2D eigenvalue weighted by molar-refractivity contribution is -0.138. The Balaban J connectivity index is 1.24. The fourth-order valence-corrected chi connectivity index (χ4v) is 4.56. The number of benzene rings is 2. The summed E-state index contributed by atoms with van der Waals surface area (Å²) >= 11 is 0. The van der Waals surface area contributed by atoms with Gasteiger partial charge in [-0.1, -0.05) is 36.4 Å². The Bertz CT molecular complexity index is 844. The third kappa shape index (κ3) is 5.38. The van der Waals surface area contributed by atoms with Crippen molar-refractivity contribution in [1.29, 1.82) is 0 Å². The Hall–Kier alpha value is -2.57. The van der Waals surface area contributed by atoms with Crippen LogP contribution in [0.5, 0.6) is 5.75 Å². The molecule has 0 radical (unpaired) electrons. The van der Waals surface area contributed by atoms with Crippen molar-refractivity contribution in [2.75, 3.05) is 64.4 Å². The smallest absolute Gasteiger partial charge is 0.239 e. The van der Waals surface area contributed by atoms with Gasteiger partial charge in [0.25, 0.3) is 0 Å². The molecular weight excluding hydrogens is 388 g/mol. The molecule has 6 heteroatoms. The first kappa shape index (κ1) is 21.7. The molecule has 2 aromatic rings. The van der Waals surface area contributed by atoms with Gasteiger partial charge < -0.3 is 14.5 Å². The molecule has 31 heavy (non-hydrogen) atoms. The van der Waals surface area contributed by atoms with E-state index < -0.39 is 0 Å². The number of amides is 1. The Morgan fingerprint density at radius 2 is 1.61 bits per heavy atom. The van der Waals surface area contributed by atoms with Gasteiger partial charge >= 0.3 is 0 Å². The molecule has 2 saturated heterocycles. The predicted octanol–water partition coefficient (Wildman–Crippen LogP) is 2.55. The Morgan fingerprint density at radius 1 is 0.903 bits per heavy atom. The molecule has 1 amide bonds. The number of carbonyl (C=O) groups is 1. The topological polar surface area (TPSA) is 39.3 Å². The second-order valence-electron chi connectivity index (χ2n) is 8.49. The lowest BCUT2D eigenvalue weighted by atomic mass is 10.1. The van der Waals surface area contributed by atoms with Gasteiger partial charge in [0.15, 0.2) is 0 Å². The molecule has 6 nitrogen and oxygen atoms in total. The lowest BCUT2D eigenvalue weighted by Gasteiger charge is -2.41. The van der Waals surface area contributed by atoms with E-state index in [-0.39, 0.29) is 11.9 Å². The highest BCUT2D eigenvalue weighted by Crippen LogP contribution is 2.23. The third-order valence-electron chi connectivity index (χ3n) is 6.57. The molecule has 0 N–H and O–H groups in total. The van der Waals surface area contributed by atoms with E-state index in [1.165, 1.54) is 11.3 Å². The van der Waals surface area contributed by atoms with Crippen LogP contribution in [0.4, 0.5) is 5.69 Å². The minimum Gasteiger partial charge on any atom is -0.497 e. The van der Waals surface area contributed by atoms with Gasteiger partial charge in [0, 0.05) is 70.7 Å². The number of nitrogens with zero attached hydrogens (tertiary/aromatic N) is 4. The summed E-state index contributed by atoms with van der Waals surface area (Å²) in [5, 5.41) is 0. The number of methoxy groups -OCH3 is 1. The number of piperazine rings is 2. The molecular formula is C25H34N4O2. The molecule has 0 spiro atoms. The van der Waals surface area contributed by atoms with Crippen LogP contribution in [-0.2, 0) is 11.3 Å². The van der Waals surface area contributed by atoms with Crippen LogP contribution < -0.4 is 9.64 Å². The van der Waals surface area contributed by atoms with E-state index in [9.17, 15) is 4.79 Å². The van der Waals surface area contributed by atoms with Gasteiger partial charge in [-0.15, -0.1) is 0 Å². The first-order valence-electron chi connectivity index (χ1n) is 11.3. The maximum atomic E-state index is 13.1. The summed E-state index contributed by atoms with van der Waals surface area (Å²) in [6, 6.07) is 18.7. The monoisotopic (exact) mass is 422 g/mol. The summed E-state index contributed by atoms with van der Waals surface area (Å²) in [6.45, 7) is 10.2. The second kappa shape index (κ2) is 10.2. The van der Waals surface area contributed by atoms with Crippen LogP contribution in [-0.4, -0.2) is 86.1 Å². The molecule has 0 aromatic heterocycles. The van der Waals surface area contributed by atoms with Gasteiger partial charge in [0.2, 0.25) is 5.91 Å². The van der Waals surface area contributed by atoms with Gasteiger partial charge in [-0.05, 0) is 24.6 Å². The van der Waals surface area contributed by atoms with Gasteiger partial charge in [-0.2, -0.15) is 0 Å². The number of ether oxygens (including phenoxy) is 1. The Morgan fingerprint density at radius 3 is 2.29 bits per heavy atom. The standard InChI is InChI=1S/C25H34N4O2/c1-21(27-15-17-28(18-16-27)23-9-6-10-24(19-23)31-2)25(30)29-13-11-26(12-14-29)20-22-7-4-3-5-8-22/h3-10,19,21H,11-18,20H2,1-2H3. The van der Waals surface area contributed by atoms with E-state index in [0.29, 0.717) is 0 Å². The molecule has 2 aliphatic rings. The van der Waals surface area contributed by atoms with Crippen LogP contribution in [0.2, 0.25) is 0 Å². The van der Waals surface area contributed by atoms with Crippen molar-refractivity contribution in [3.63, 3.8) is 0 Å². The summed E-state index contributed by atoms with van der Waals surface area (Å²) < 4.78 is 5.35. The average molecular weight is 423 g/mol. The molecule has 2 aliphatic heterocycles. The molecule has 1 unspecified atom stereocenters. The predicted molar refractivity (Wildman–Crippen MR) is 125 cm³/mol. The van der Waals surface area contributed by atoms with Gasteiger partial charge in [0.1, 0.15) is 5.75 Å². The summed E-state index contributed by atoms with van der Waals surface area (Å²) in [4.78, 5) is 22.3. The largest absolute Gasteiger partial charge is 0.497 e. The fraction of sp³-hybridized carbons (Fsp3) is 0.480. The van der Waals surface area contributed by atoms with Crippen LogP contribution in [0, 0.1) is 0 Å². The normalized spacial score (nSPS) is 19.3. The molecule has 2 fully saturated rings. The SMILES string of the molecule is COc1cccc(N2CCN(C(C)C(=O)N3CCN(Cc4ccccc4)CC3)CC2)c1. The van der Waals surface area contributed by atoms with Crippen LogP contribution in [0.15, 0.2) is 54.6 Å². The van der Waals surface area contributed by atoms with E-state index >= 15 is 0 Å². The van der Waals surface area contributed by atoms with Gasteiger partial charge in [-0.25, -0.2) is 0 Å². The molecule has 0 bridgehead atoms. The van der Waals surface area contributed by atoms with E-state index in [1.807, 2.05) is 12.1 Å². The summed E-state index contributed by atoms with van der Waals surface area (Å²) in [7, 11) is 1.70. The van der Waals surface area contributed by atoms with Crippen molar-refractivity contribution < 1.29 is 9.53 Å². The van der Waals surface area contributed by atoms with E-state index in [0.717, 1.165) is 64.7 Å². The molecule has 2 aromatic carbocycles. The van der Waals surface area contributed by atoms with Crippen LogP contribution in [0.25, 0.3) is 0 Å². The van der Waals surface area contributed by atoms with E-state index in [1.54, 1.807) is 7.11 Å². The zero-order valence-electron chi connectivity index (χ0n) is 18.7. The maximum Gasteiger partial charge on any atom is 0.239 e. The molecule has 0 saturated carbocycles. The summed E-state index contributed by atoms with van der Waals surface area (Å²) in [5.74, 6) is 1.16. The first-order valence-corrected chi connectivity index (χ1v) is 11.3. The zero-order valence-corrected chi connectivity index (χ0v) is 18.7. The third-order valence-corrected chi connectivity index (χ3v) is 6.57. The highest BCUT2D eigenvalue weighted by atomic mass is 16.5. The zero-order chi connectivity index (χ0) is 21.6. The molecule has 2 heterocycles. The van der Waals surface area contributed by atoms with Gasteiger partial charge in [-0.3, -0.25) is 14.6 Å². The second-order valence-corrected chi connectivity index (χ2v) is 8.49. The Kier molecular flexibility index (Phi) is 7.10. The number of hydrogen-bond acceptors (Lipinski definition) is 5. The van der Waals surface area contributed by atoms with Crippen LogP contribution >= 0.6 is 0 Å². The van der Waals surface area contributed by atoms with Crippen molar-refractivity contribution in [3.05, 3.63) is 60.2 Å². The Labute approximate surface area is 186 Å². The van der Waals surface area contributed by atoms with Crippen molar-refractivity contribution in [3.8, 4) is 5.75 Å². The molecule has 1 atom stereocenters. The molecule has 4 rings (SSSR count). The number of anilines is 1. The number of carbonyl (C=O) groups excluding carboxylic acids is 1. The van der Waals surface area contributed by atoms with Crippen molar-refractivity contribution in [1.82, 2.24) is 14.7 Å². The first-order chi connectivity index (χ1) is 15.1. The molecule has 166 valence electrons. The highest BCUT2D eigenvalue weighted by molar-refractivity contribution is 5.81. The van der Waals surface area contributed by atoms with E-state index in [2.05, 4.69) is 69.0 Å². The number of hydrogen-bond donors (Lipinski definition) is 0. The average Bonchev–Trinajstić information content (AvgIpc) is 2.84. The van der Waals surface area contributed by atoms with Gasteiger partial charge in [0.05, 0.1) is 13.2 Å². The lowest BCUT2D eigenvalue weighted by Crippen LogP contribution is -2.57. The minimum absolute atomic E-state index is 0.0619. The number of rotatable bonds is 6. The fourth-order valence-electron chi connectivity index (χ4n) is 4.56. The van der Waals surface area contributed by atoms with Crippen molar-refractivity contribution >= 4 is 11.6 Å². The van der Waals surface area contributed by atoms with Crippen molar-refractivity contribution in [2.45, 2.75) is 19.5 Å². The minimum atomic E-state index is -0.0619. The highest BCUT2D eigenvalue weighted by Gasteiger charge is 2.30.